The van der Waals surface area contributed by atoms with E-state index >= 15 is 0 Å². The molecule has 0 bridgehead atoms. The molecule has 3 nitrogen and oxygen atoms in total. The average Bonchev–Trinajstić information content (AvgIpc) is 2.79. The summed E-state index contributed by atoms with van der Waals surface area (Å²) in [5, 5.41) is 3.01. The lowest BCUT2D eigenvalue weighted by Crippen LogP contribution is -2.40. The van der Waals surface area contributed by atoms with E-state index in [1.807, 2.05) is 6.92 Å². The highest BCUT2D eigenvalue weighted by atomic mass is 79.9. The molecule has 18 heavy (non-hydrogen) atoms. The van der Waals surface area contributed by atoms with Gasteiger partial charge in [-0.1, -0.05) is 29.3 Å². The molecule has 5 heteroatoms. The molecule has 1 aromatic carbocycles. The second kappa shape index (κ2) is 5.72. The zero-order chi connectivity index (χ0) is 13.2. The van der Waals surface area contributed by atoms with Crippen molar-refractivity contribution in [2.24, 2.45) is 0 Å². The van der Waals surface area contributed by atoms with Crippen LogP contribution in [0, 0.1) is 0 Å². The minimum Gasteiger partial charge on any atom is -0.313 e. The Morgan fingerprint density at radius 2 is 1.94 bits per heavy atom. The smallest absolute Gasteiger partial charge is 0.182 e. The molecule has 1 aliphatic rings. The van der Waals surface area contributed by atoms with Crippen molar-refractivity contribution < 1.29 is 8.42 Å². The Hall–Kier alpha value is -0.390. The van der Waals surface area contributed by atoms with Gasteiger partial charge in [0.25, 0.3) is 0 Å². The second-order valence-corrected chi connectivity index (χ2v) is 7.72. The zero-order valence-corrected chi connectivity index (χ0v) is 12.8. The molecule has 1 N–H and O–H groups in total. The molecule has 0 aromatic heterocycles. The van der Waals surface area contributed by atoms with Gasteiger partial charge in [-0.05, 0) is 43.7 Å². The van der Waals surface area contributed by atoms with Gasteiger partial charge in [-0.15, -0.1) is 0 Å². The lowest BCUT2D eigenvalue weighted by atomic mass is 10.2. The predicted molar refractivity (Wildman–Crippen MR) is 76.4 cm³/mol. The van der Waals surface area contributed by atoms with Gasteiger partial charge >= 0.3 is 0 Å². The average molecular weight is 332 g/mol. The SMILES string of the molecule is CCNC1CCCC1S(=O)(=O)c1ccc(Br)cc1. The molecule has 1 saturated carbocycles. The van der Waals surface area contributed by atoms with Crippen LogP contribution >= 0.6 is 15.9 Å². The maximum absolute atomic E-state index is 12.6. The summed E-state index contributed by atoms with van der Waals surface area (Å²) in [5.41, 5.74) is 0. The van der Waals surface area contributed by atoms with Crippen LogP contribution in [0.4, 0.5) is 0 Å². The molecule has 2 unspecified atom stereocenters. The zero-order valence-electron chi connectivity index (χ0n) is 10.4. The Morgan fingerprint density at radius 3 is 2.56 bits per heavy atom. The molecule has 0 amide bonds. The Morgan fingerprint density at radius 1 is 1.28 bits per heavy atom. The first-order chi connectivity index (χ1) is 8.55. The van der Waals surface area contributed by atoms with E-state index in [2.05, 4.69) is 21.2 Å². The van der Waals surface area contributed by atoms with Crippen LogP contribution in [-0.2, 0) is 9.84 Å². The van der Waals surface area contributed by atoms with Crippen molar-refractivity contribution in [3.8, 4) is 0 Å². The van der Waals surface area contributed by atoms with E-state index in [-0.39, 0.29) is 11.3 Å². The molecule has 100 valence electrons. The van der Waals surface area contributed by atoms with Crippen LogP contribution in [0.15, 0.2) is 33.6 Å². The van der Waals surface area contributed by atoms with Crippen molar-refractivity contribution in [3.05, 3.63) is 28.7 Å². The van der Waals surface area contributed by atoms with Gasteiger partial charge in [-0.2, -0.15) is 0 Å². The van der Waals surface area contributed by atoms with Crippen LogP contribution in [0.5, 0.6) is 0 Å². The number of nitrogens with one attached hydrogen (secondary N) is 1. The first-order valence-electron chi connectivity index (χ1n) is 6.28. The normalized spacial score (nSPS) is 24.3. The molecule has 1 aliphatic carbocycles. The standard InChI is InChI=1S/C13H18BrNO2S/c1-2-15-12-4-3-5-13(12)18(16,17)11-8-6-10(14)7-9-11/h6-9,12-13,15H,2-5H2,1H3. The third-order valence-corrected chi connectivity index (χ3v) is 6.28. The Balaban J connectivity index is 2.27. The monoisotopic (exact) mass is 331 g/mol. The first-order valence-corrected chi connectivity index (χ1v) is 8.62. The van der Waals surface area contributed by atoms with Gasteiger partial charge in [0.1, 0.15) is 0 Å². The van der Waals surface area contributed by atoms with E-state index < -0.39 is 9.84 Å². The van der Waals surface area contributed by atoms with Crippen molar-refractivity contribution in [3.63, 3.8) is 0 Å². The van der Waals surface area contributed by atoms with Gasteiger partial charge in [0.05, 0.1) is 10.1 Å². The number of hydrogen-bond donors (Lipinski definition) is 1. The molecule has 1 aromatic rings. The topological polar surface area (TPSA) is 46.2 Å². The Kier molecular flexibility index (Phi) is 4.45. The van der Waals surface area contributed by atoms with Crippen molar-refractivity contribution >= 4 is 25.8 Å². The van der Waals surface area contributed by atoms with Gasteiger partial charge in [-0.25, -0.2) is 8.42 Å². The largest absolute Gasteiger partial charge is 0.313 e. The van der Waals surface area contributed by atoms with E-state index in [0.717, 1.165) is 30.3 Å². The fraction of sp³-hybridized carbons (Fsp3) is 0.538. The molecular formula is C13H18BrNO2S. The van der Waals surface area contributed by atoms with Crippen molar-refractivity contribution in [1.82, 2.24) is 5.32 Å². The summed E-state index contributed by atoms with van der Waals surface area (Å²) in [4.78, 5) is 0.431. The van der Waals surface area contributed by atoms with Crippen LogP contribution in [0.3, 0.4) is 0 Å². The number of halogens is 1. The maximum Gasteiger partial charge on any atom is 0.182 e. The molecule has 2 rings (SSSR count). The van der Waals surface area contributed by atoms with Gasteiger partial charge in [0.15, 0.2) is 9.84 Å². The molecular weight excluding hydrogens is 314 g/mol. The predicted octanol–water partition coefficient (Wildman–Crippen LogP) is 2.75. The number of sulfone groups is 1. The first kappa shape index (κ1) is 14.0. The summed E-state index contributed by atoms with van der Waals surface area (Å²) in [5.74, 6) is 0. The Bertz CT molecular complexity index is 498. The number of rotatable bonds is 4. The summed E-state index contributed by atoms with van der Waals surface area (Å²) < 4.78 is 26.1. The molecule has 2 atom stereocenters. The third-order valence-electron chi connectivity index (χ3n) is 3.46. The lowest BCUT2D eigenvalue weighted by Gasteiger charge is -2.20. The fourth-order valence-electron chi connectivity index (χ4n) is 2.59. The molecule has 1 fully saturated rings. The van der Waals surface area contributed by atoms with Crippen molar-refractivity contribution in [1.29, 1.82) is 0 Å². The van der Waals surface area contributed by atoms with E-state index in [9.17, 15) is 8.42 Å². The van der Waals surface area contributed by atoms with Gasteiger partial charge in [0.2, 0.25) is 0 Å². The summed E-state index contributed by atoms with van der Waals surface area (Å²) in [7, 11) is -3.21. The summed E-state index contributed by atoms with van der Waals surface area (Å²) in [6.07, 6.45) is 2.70. The van der Waals surface area contributed by atoms with E-state index in [0.29, 0.717) is 4.90 Å². The lowest BCUT2D eigenvalue weighted by molar-refractivity contribution is 0.517. The van der Waals surface area contributed by atoms with Crippen LogP contribution in [-0.4, -0.2) is 26.3 Å². The maximum atomic E-state index is 12.6. The molecule has 0 heterocycles. The van der Waals surface area contributed by atoms with Crippen LogP contribution in [0.2, 0.25) is 0 Å². The van der Waals surface area contributed by atoms with E-state index in [1.165, 1.54) is 0 Å². The molecule has 0 saturated heterocycles. The van der Waals surface area contributed by atoms with Gasteiger partial charge in [0, 0.05) is 10.5 Å². The number of benzene rings is 1. The van der Waals surface area contributed by atoms with Crippen molar-refractivity contribution in [2.75, 3.05) is 6.54 Å². The van der Waals surface area contributed by atoms with E-state index in [4.69, 9.17) is 0 Å². The highest BCUT2D eigenvalue weighted by Gasteiger charge is 2.37. The molecule has 0 spiro atoms. The minimum atomic E-state index is -3.21. The summed E-state index contributed by atoms with van der Waals surface area (Å²) in [6, 6.07) is 7.03. The van der Waals surface area contributed by atoms with Gasteiger partial charge < -0.3 is 5.32 Å². The van der Waals surface area contributed by atoms with Crippen LogP contribution in [0.1, 0.15) is 26.2 Å². The quantitative estimate of drug-likeness (QED) is 0.922. The number of hydrogen-bond acceptors (Lipinski definition) is 3. The van der Waals surface area contributed by atoms with Gasteiger partial charge in [-0.3, -0.25) is 0 Å². The second-order valence-electron chi connectivity index (χ2n) is 4.63. The van der Waals surface area contributed by atoms with Crippen molar-refractivity contribution in [2.45, 2.75) is 42.4 Å². The molecule has 0 aliphatic heterocycles. The summed E-state index contributed by atoms with van der Waals surface area (Å²) in [6.45, 7) is 2.83. The minimum absolute atomic E-state index is 0.101. The summed E-state index contributed by atoms with van der Waals surface area (Å²) >= 11 is 3.33. The third kappa shape index (κ3) is 2.78. The highest BCUT2D eigenvalue weighted by Crippen LogP contribution is 2.30. The molecule has 0 radical (unpaired) electrons. The highest BCUT2D eigenvalue weighted by molar-refractivity contribution is 9.10. The Labute approximate surface area is 117 Å². The fourth-order valence-corrected chi connectivity index (χ4v) is 4.86. The van der Waals surface area contributed by atoms with Crippen LogP contribution < -0.4 is 5.32 Å². The van der Waals surface area contributed by atoms with E-state index in [1.54, 1.807) is 24.3 Å². The van der Waals surface area contributed by atoms with Crippen LogP contribution in [0.25, 0.3) is 0 Å².